The highest BCUT2D eigenvalue weighted by atomic mass is 19.1. The van der Waals surface area contributed by atoms with Crippen molar-refractivity contribution >= 4 is 11.6 Å². The summed E-state index contributed by atoms with van der Waals surface area (Å²) in [6, 6.07) is 10.9. The number of aromatic hydroxyl groups is 1. The van der Waals surface area contributed by atoms with Crippen LogP contribution in [-0.4, -0.2) is 11.0 Å². The maximum Gasteiger partial charge on any atom is 0.235 e. The molecule has 3 rings (SSSR count). The highest BCUT2D eigenvalue weighted by molar-refractivity contribution is 6.01. The average Bonchev–Trinajstić information content (AvgIpc) is 3.24. The Morgan fingerprint density at radius 1 is 1.19 bits per heavy atom. The van der Waals surface area contributed by atoms with Gasteiger partial charge in [-0.05, 0) is 61.2 Å². The predicted octanol–water partition coefficient (Wildman–Crippen LogP) is 3.51. The third-order valence-corrected chi connectivity index (χ3v) is 4.04. The van der Waals surface area contributed by atoms with Gasteiger partial charge in [-0.2, -0.15) is 0 Å². The van der Waals surface area contributed by atoms with Gasteiger partial charge in [-0.15, -0.1) is 0 Å². The number of hydrogen-bond donors (Lipinski definition) is 2. The number of benzene rings is 2. The maximum absolute atomic E-state index is 13.0. The van der Waals surface area contributed by atoms with E-state index in [4.69, 9.17) is 0 Å². The van der Waals surface area contributed by atoms with Gasteiger partial charge in [0.2, 0.25) is 5.91 Å². The van der Waals surface area contributed by atoms with E-state index in [1.165, 1.54) is 12.1 Å². The second-order valence-corrected chi connectivity index (χ2v) is 5.54. The Balaban J connectivity index is 1.83. The molecule has 0 aromatic heterocycles. The Kier molecular flexibility index (Phi) is 3.16. The molecular weight excluding hydrogens is 269 g/mol. The van der Waals surface area contributed by atoms with Crippen LogP contribution in [0.4, 0.5) is 10.1 Å². The van der Waals surface area contributed by atoms with Gasteiger partial charge in [0.25, 0.3) is 0 Å². The van der Waals surface area contributed by atoms with Crippen LogP contribution in [-0.2, 0) is 10.2 Å². The fourth-order valence-electron chi connectivity index (χ4n) is 2.57. The number of carbonyl (C=O) groups excluding carboxylic acids is 1. The van der Waals surface area contributed by atoms with E-state index in [1.807, 2.05) is 6.92 Å². The quantitative estimate of drug-likeness (QED) is 0.848. The summed E-state index contributed by atoms with van der Waals surface area (Å²) in [5.41, 5.74) is 1.79. The standard InChI is InChI=1S/C17H16FNO2/c1-11-10-14(20)6-7-15(11)19-16(21)17(8-9-17)12-2-4-13(18)5-3-12/h2-7,10,20H,8-9H2,1H3,(H,19,21). The van der Waals surface area contributed by atoms with E-state index in [1.54, 1.807) is 30.3 Å². The van der Waals surface area contributed by atoms with Crippen LogP contribution in [0.5, 0.6) is 5.75 Å². The first-order valence-corrected chi connectivity index (χ1v) is 6.88. The lowest BCUT2D eigenvalue weighted by Crippen LogP contribution is -2.28. The zero-order valence-corrected chi connectivity index (χ0v) is 11.7. The molecule has 1 saturated carbocycles. The summed E-state index contributed by atoms with van der Waals surface area (Å²) >= 11 is 0. The van der Waals surface area contributed by atoms with Gasteiger partial charge in [-0.1, -0.05) is 12.1 Å². The molecule has 1 aliphatic rings. The van der Waals surface area contributed by atoms with Crippen LogP contribution >= 0.6 is 0 Å². The van der Waals surface area contributed by atoms with Crippen LogP contribution in [0.2, 0.25) is 0 Å². The van der Waals surface area contributed by atoms with E-state index < -0.39 is 5.41 Å². The summed E-state index contributed by atoms with van der Waals surface area (Å²) in [5, 5.41) is 12.3. The normalized spacial score (nSPS) is 15.5. The number of phenols is 1. The van der Waals surface area contributed by atoms with Crippen LogP contribution in [0.25, 0.3) is 0 Å². The molecule has 2 N–H and O–H groups in total. The van der Waals surface area contributed by atoms with Gasteiger partial charge in [0.05, 0.1) is 5.41 Å². The molecule has 4 heteroatoms. The first-order chi connectivity index (χ1) is 10.0. The zero-order chi connectivity index (χ0) is 15.0. The van der Waals surface area contributed by atoms with Crippen molar-refractivity contribution in [3.05, 3.63) is 59.4 Å². The molecule has 1 fully saturated rings. The first-order valence-electron chi connectivity index (χ1n) is 6.88. The number of rotatable bonds is 3. The van der Waals surface area contributed by atoms with E-state index in [0.717, 1.165) is 24.0 Å². The molecule has 2 aromatic carbocycles. The van der Waals surface area contributed by atoms with Crippen LogP contribution in [0.15, 0.2) is 42.5 Å². The molecule has 2 aromatic rings. The molecular formula is C17H16FNO2. The summed E-state index contributed by atoms with van der Waals surface area (Å²) in [7, 11) is 0. The Hall–Kier alpha value is -2.36. The molecule has 0 radical (unpaired) electrons. The Morgan fingerprint density at radius 3 is 2.43 bits per heavy atom. The van der Waals surface area contributed by atoms with Crippen LogP contribution < -0.4 is 5.32 Å². The maximum atomic E-state index is 13.0. The smallest absolute Gasteiger partial charge is 0.235 e. The van der Waals surface area contributed by atoms with Crippen LogP contribution in [0, 0.1) is 12.7 Å². The molecule has 0 saturated heterocycles. The van der Waals surface area contributed by atoms with Gasteiger partial charge in [-0.3, -0.25) is 4.79 Å². The second-order valence-electron chi connectivity index (χ2n) is 5.54. The topological polar surface area (TPSA) is 49.3 Å². The molecule has 3 nitrogen and oxygen atoms in total. The molecule has 0 aliphatic heterocycles. The Labute approximate surface area is 122 Å². The lowest BCUT2D eigenvalue weighted by molar-refractivity contribution is -0.118. The number of aryl methyl sites for hydroxylation is 1. The van der Waals surface area contributed by atoms with Gasteiger partial charge in [-0.25, -0.2) is 4.39 Å². The van der Waals surface area contributed by atoms with E-state index in [2.05, 4.69) is 5.32 Å². The fraction of sp³-hybridized carbons (Fsp3) is 0.235. The summed E-state index contributed by atoms with van der Waals surface area (Å²) in [4.78, 5) is 12.6. The summed E-state index contributed by atoms with van der Waals surface area (Å²) in [6.07, 6.45) is 1.53. The van der Waals surface area contributed by atoms with Gasteiger partial charge >= 0.3 is 0 Å². The molecule has 0 unspecified atom stereocenters. The summed E-state index contributed by atoms with van der Waals surface area (Å²) in [6.45, 7) is 1.83. The molecule has 21 heavy (non-hydrogen) atoms. The minimum atomic E-state index is -0.544. The average molecular weight is 285 g/mol. The summed E-state index contributed by atoms with van der Waals surface area (Å²) in [5.74, 6) is -0.211. The molecule has 108 valence electrons. The number of hydrogen-bond acceptors (Lipinski definition) is 2. The van der Waals surface area contributed by atoms with Crippen molar-refractivity contribution < 1.29 is 14.3 Å². The van der Waals surface area contributed by atoms with Gasteiger partial charge < -0.3 is 10.4 Å². The molecule has 0 atom stereocenters. The highest BCUT2D eigenvalue weighted by Crippen LogP contribution is 2.49. The van der Waals surface area contributed by atoms with E-state index in [9.17, 15) is 14.3 Å². The van der Waals surface area contributed by atoms with Crippen molar-refractivity contribution in [2.45, 2.75) is 25.2 Å². The number of amides is 1. The SMILES string of the molecule is Cc1cc(O)ccc1NC(=O)C1(c2ccc(F)cc2)CC1. The third-order valence-electron chi connectivity index (χ3n) is 4.04. The molecule has 0 heterocycles. The largest absolute Gasteiger partial charge is 0.508 e. The van der Waals surface area contributed by atoms with Crippen LogP contribution in [0.3, 0.4) is 0 Å². The number of phenolic OH excluding ortho intramolecular Hbond substituents is 1. The zero-order valence-electron chi connectivity index (χ0n) is 11.7. The van der Waals surface area contributed by atoms with Crippen molar-refractivity contribution in [2.75, 3.05) is 5.32 Å². The lowest BCUT2D eigenvalue weighted by atomic mass is 9.94. The van der Waals surface area contributed by atoms with Gasteiger partial charge in [0.15, 0.2) is 0 Å². The summed E-state index contributed by atoms with van der Waals surface area (Å²) < 4.78 is 13.0. The van der Waals surface area contributed by atoms with E-state index in [-0.39, 0.29) is 17.5 Å². The Morgan fingerprint density at radius 2 is 1.86 bits per heavy atom. The third kappa shape index (κ3) is 2.49. The van der Waals surface area contributed by atoms with Crippen molar-refractivity contribution in [1.29, 1.82) is 0 Å². The minimum absolute atomic E-state index is 0.0807. The molecule has 0 spiro atoms. The van der Waals surface area contributed by atoms with E-state index in [0.29, 0.717) is 5.69 Å². The Bertz CT molecular complexity index is 690. The number of nitrogens with one attached hydrogen (secondary N) is 1. The van der Waals surface area contributed by atoms with Crippen molar-refractivity contribution in [3.63, 3.8) is 0 Å². The number of anilines is 1. The first kappa shape index (κ1) is 13.6. The van der Waals surface area contributed by atoms with Crippen molar-refractivity contribution in [1.82, 2.24) is 0 Å². The fourth-order valence-corrected chi connectivity index (χ4v) is 2.57. The molecule has 0 bridgehead atoms. The lowest BCUT2D eigenvalue weighted by Gasteiger charge is -2.17. The van der Waals surface area contributed by atoms with Crippen molar-refractivity contribution in [3.8, 4) is 5.75 Å². The van der Waals surface area contributed by atoms with Crippen LogP contribution in [0.1, 0.15) is 24.0 Å². The highest BCUT2D eigenvalue weighted by Gasteiger charge is 2.51. The second kappa shape index (κ2) is 4.88. The number of halogens is 1. The monoisotopic (exact) mass is 285 g/mol. The predicted molar refractivity (Wildman–Crippen MR) is 78.8 cm³/mol. The minimum Gasteiger partial charge on any atom is -0.508 e. The van der Waals surface area contributed by atoms with E-state index >= 15 is 0 Å². The molecule has 1 aliphatic carbocycles. The molecule has 1 amide bonds. The van der Waals surface area contributed by atoms with Crippen molar-refractivity contribution in [2.24, 2.45) is 0 Å². The number of carbonyl (C=O) groups is 1. The van der Waals surface area contributed by atoms with Gasteiger partial charge in [0.1, 0.15) is 11.6 Å². The van der Waals surface area contributed by atoms with Gasteiger partial charge in [0, 0.05) is 5.69 Å².